The van der Waals surface area contributed by atoms with Crippen LogP contribution in [0, 0.1) is 6.92 Å². The highest BCUT2D eigenvalue weighted by Gasteiger charge is 2.35. The number of ether oxygens (including phenoxy) is 3. The van der Waals surface area contributed by atoms with E-state index in [2.05, 4.69) is 52.5 Å². The van der Waals surface area contributed by atoms with Gasteiger partial charge in [-0.25, -0.2) is 4.79 Å². The van der Waals surface area contributed by atoms with Crippen molar-refractivity contribution in [3.8, 4) is 39.6 Å². The van der Waals surface area contributed by atoms with Gasteiger partial charge in [0.25, 0.3) is 0 Å². The van der Waals surface area contributed by atoms with Crippen LogP contribution in [0.2, 0.25) is 0 Å². The first kappa shape index (κ1) is 28.5. The van der Waals surface area contributed by atoms with Crippen LogP contribution in [0.3, 0.4) is 0 Å². The Bertz CT molecular complexity index is 1670. The lowest BCUT2D eigenvalue weighted by Gasteiger charge is -2.37. The molecule has 2 aliphatic rings. The minimum Gasteiger partial charge on any atom is -0.497 e. The van der Waals surface area contributed by atoms with E-state index in [4.69, 9.17) is 14.2 Å². The number of carbonyl (C=O) groups is 1. The van der Waals surface area contributed by atoms with Crippen LogP contribution in [-0.4, -0.2) is 63.2 Å². The minimum absolute atomic E-state index is 0.139. The number of rotatable bonds is 8. The second kappa shape index (κ2) is 11.6. The maximum atomic E-state index is 13.1. The minimum atomic E-state index is -0.929. The van der Waals surface area contributed by atoms with Crippen LogP contribution in [0.4, 0.5) is 11.4 Å². The average molecular weight is 582 g/mol. The lowest BCUT2D eigenvalue weighted by atomic mass is 9.90. The first-order valence-corrected chi connectivity index (χ1v) is 14.9. The van der Waals surface area contributed by atoms with Gasteiger partial charge in [0.1, 0.15) is 5.75 Å². The van der Waals surface area contributed by atoms with Gasteiger partial charge in [-0.1, -0.05) is 25.1 Å². The van der Waals surface area contributed by atoms with E-state index in [0.717, 1.165) is 89.8 Å². The Balaban J connectivity index is 1.39. The first-order valence-electron chi connectivity index (χ1n) is 14.9. The summed E-state index contributed by atoms with van der Waals surface area (Å²) in [6.07, 6.45) is 1.68. The molecule has 1 atom stereocenters. The van der Waals surface area contributed by atoms with Crippen molar-refractivity contribution < 1.29 is 24.1 Å². The second-order valence-corrected chi connectivity index (χ2v) is 11.2. The zero-order valence-electron chi connectivity index (χ0n) is 25.5. The number of piperazine rings is 1. The molecule has 0 aliphatic carbocycles. The summed E-state index contributed by atoms with van der Waals surface area (Å²) >= 11 is 0. The molecule has 3 heterocycles. The topological polar surface area (TPSA) is 76.4 Å². The summed E-state index contributed by atoms with van der Waals surface area (Å²) in [5.74, 6) is 1.18. The van der Waals surface area contributed by atoms with Crippen LogP contribution in [0.1, 0.15) is 41.0 Å². The largest absolute Gasteiger partial charge is 0.497 e. The van der Waals surface area contributed by atoms with Crippen LogP contribution in [-0.2, 0) is 6.42 Å². The van der Waals surface area contributed by atoms with E-state index in [1.165, 1.54) is 0 Å². The van der Waals surface area contributed by atoms with Gasteiger partial charge >= 0.3 is 5.97 Å². The number of aromatic nitrogens is 1. The number of hydrogen-bond acceptors (Lipinski definition) is 6. The Morgan fingerprint density at radius 3 is 2.09 bits per heavy atom. The number of methoxy groups -OCH3 is 3. The molecule has 6 rings (SSSR count). The van der Waals surface area contributed by atoms with Crippen molar-refractivity contribution in [3.05, 3.63) is 77.5 Å². The first-order chi connectivity index (χ1) is 20.9. The molecular formula is C35H39N3O5. The predicted octanol–water partition coefficient (Wildman–Crippen LogP) is 6.69. The summed E-state index contributed by atoms with van der Waals surface area (Å²) in [7, 11) is 4.93. The highest BCUT2D eigenvalue weighted by molar-refractivity contribution is 6.05. The molecule has 0 radical (unpaired) electrons. The van der Waals surface area contributed by atoms with Crippen molar-refractivity contribution in [2.45, 2.75) is 32.7 Å². The number of fused-ring (bicyclic) bond motifs is 3. The summed E-state index contributed by atoms with van der Waals surface area (Å²) in [5.41, 5.74) is 7.97. The van der Waals surface area contributed by atoms with Gasteiger partial charge in [-0.15, -0.1) is 0 Å². The Morgan fingerprint density at radius 1 is 0.860 bits per heavy atom. The third-order valence-corrected chi connectivity index (χ3v) is 9.02. The highest BCUT2D eigenvalue weighted by atomic mass is 16.5. The van der Waals surface area contributed by atoms with Crippen LogP contribution < -0.4 is 24.0 Å². The van der Waals surface area contributed by atoms with Gasteiger partial charge in [0.2, 0.25) is 0 Å². The fourth-order valence-corrected chi connectivity index (χ4v) is 6.86. The van der Waals surface area contributed by atoms with E-state index in [1.807, 2.05) is 36.4 Å². The van der Waals surface area contributed by atoms with Gasteiger partial charge in [-0.3, -0.25) is 0 Å². The Kier molecular flexibility index (Phi) is 7.69. The number of hydrogen-bond donors (Lipinski definition) is 1. The van der Waals surface area contributed by atoms with E-state index in [9.17, 15) is 9.90 Å². The van der Waals surface area contributed by atoms with Crippen molar-refractivity contribution >= 4 is 17.3 Å². The quantitative estimate of drug-likeness (QED) is 0.249. The normalized spacial score (nSPS) is 16.0. The molecule has 1 aromatic heterocycles. The number of aromatic carboxylic acids is 1. The maximum absolute atomic E-state index is 13.1. The standard InChI is InChI=1S/C35H39N3O5/c1-6-25-18-24-19-30(42-4)31(43-5)21-29(24)34-33(35(39)40)32(22(2)38(25)34)23-9-7-10-26(17-23)36-13-15-37(16-14-36)27-11-8-12-28(20-27)41-3/h7-12,17,19-21,25H,6,13-16,18H2,1-5H3,(H,39,40). The van der Waals surface area contributed by atoms with Gasteiger partial charge in [-0.05, 0) is 67.3 Å². The lowest BCUT2D eigenvalue weighted by Crippen LogP contribution is -2.46. The molecule has 43 heavy (non-hydrogen) atoms. The van der Waals surface area contributed by atoms with Gasteiger partial charge in [0.05, 0.1) is 32.6 Å². The average Bonchev–Trinajstić information content (AvgIpc) is 3.37. The van der Waals surface area contributed by atoms with Crippen LogP contribution in [0.5, 0.6) is 17.2 Å². The maximum Gasteiger partial charge on any atom is 0.338 e. The van der Waals surface area contributed by atoms with Gasteiger partial charge < -0.3 is 33.7 Å². The molecule has 1 fully saturated rings. The molecule has 0 spiro atoms. The molecule has 1 N–H and O–H groups in total. The molecule has 8 nitrogen and oxygen atoms in total. The summed E-state index contributed by atoms with van der Waals surface area (Å²) in [6.45, 7) is 7.72. The fraction of sp³-hybridized carbons (Fsp3) is 0.343. The summed E-state index contributed by atoms with van der Waals surface area (Å²) in [6, 6.07) is 20.6. The Hall–Kier alpha value is -4.59. The third kappa shape index (κ3) is 4.94. The lowest BCUT2D eigenvalue weighted by molar-refractivity contribution is 0.0698. The third-order valence-electron chi connectivity index (χ3n) is 9.02. The smallest absolute Gasteiger partial charge is 0.338 e. The fourth-order valence-electron chi connectivity index (χ4n) is 6.86. The SMILES string of the molecule is CCC1Cc2cc(OC)c(OC)cc2-c2c(C(=O)O)c(-c3cccc(N4CCN(c5cccc(OC)c5)CC4)c3)c(C)n21. The van der Waals surface area contributed by atoms with E-state index in [0.29, 0.717) is 17.1 Å². The molecule has 8 heteroatoms. The Labute approximate surface area is 253 Å². The van der Waals surface area contributed by atoms with Crippen LogP contribution >= 0.6 is 0 Å². The number of benzene rings is 3. The number of carboxylic acid groups (broad SMARTS) is 1. The summed E-state index contributed by atoms with van der Waals surface area (Å²) < 4.78 is 18.9. The van der Waals surface area contributed by atoms with E-state index >= 15 is 0 Å². The van der Waals surface area contributed by atoms with E-state index < -0.39 is 5.97 Å². The second-order valence-electron chi connectivity index (χ2n) is 11.2. The Morgan fingerprint density at radius 2 is 1.49 bits per heavy atom. The van der Waals surface area contributed by atoms with Gasteiger partial charge in [-0.2, -0.15) is 0 Å². The molecular weight excluding hydrogens is 542 g/mol. The van der Waals surface area contributed by atoms with Gasteiger partial charge in [0, 0.05) is 66.5 Å². The highest BCUT2D eigenvalue weighted by Crippen LogP contribution is 2.48. The molecule has 224 valence electrons. The molecule has 3 aromatic carbocycles. The monoisotopic (exact) mass is 581 g/mol. The number of carboxylic acids is 1. The molecule has 0 amide bonds. The van der Waals surface area contributed by atoms with Gasteiger partial charge in [0.15, 0.2) is 11.5 Å². The zero-order chi connectivity index (χ0) is 30.2. The predicted molar refractivity (Wildman–Crippen MR) is 171 cm³/mol. The van der Waals surface area contributed by atoms with Crippen LogP contribution in [0.25, 0.3) is 22.4 Å². The summed E-state index contributed by atoms with van der Waals surface area (Å²) in [5, 5.41) is 10.7. The molecule has 0 bridgehead atoms. The number of anilines is 2. The number of nitrogens with zero attached hydrogens (tertiary/aromatic N) is 3. The molecule has 1 unspecified atom stereocenters. The van der Waals surface area contributed by atoms with Crippen molar-refractivity contribution in [3.63, 3.8) is 0 Å². The van der Waals surface area contributed by atoms with Crippen molar-refractivity contribution in [1.29, 1.82) is 0 Å². The van der Waals surface area contributed by atoms with E-state index in [-0.39, 0.29) is 6.04 Å². The molecule has 1 saturated heterocycles. The van der Waals surface area contributed by atoms with Crippen molar-refractivity contribution in [1.82, 2.24) is 4.57 Å². The van der Waals surface area contributed by atoms with Crippen LogP contribution in [0.15, 0.2) is 60.7 Å². The molecule has 4 aromatic rings. The molecule has 2 aliphatic heterocycles. The summed E-state index contributed by atoms with van der Waals surface area (Å²) in [4.78, 5) is 17.8. The van der Waals surface area contributed by atoms with Crippen molar-refractivity contribution in [2.24, 2.45) is 0 Å². The van der Waals surface area contributed by atoms with E-state index in [1.54, 1.807) is 21.3 Å². The zero-order valence-corrected chi connectivity index (χ0v) is 25.5. The van der Waals surface area contributed by atoms with Crippen molar-refractivity contribution in [2.75, 3.05) is 57.3 Å². The molecule has 0 saturated carbocycles.